The first-order valence-corrected chi connectivity index (χ1v) is 8.39. The predicted molar refractivity (Wildman–Crippen MR) is 85.5 cm³/mol. The number of hydrogen-bond donors (Lipinski definition) is 2. The molecule has 1 aliphatic carbocycles. The van der Waals surface area contributed by atoms with Gasteiger partial charge in [-0.2, -0.15) is 0 Å². The highest BCUT2D eigenvalue weighted by Crippen LogP contribution is 2.33. The van der Waals surface area contributed by atoms with Crippen LogP contribution in [0.25, 0.3) is 0 Å². The van der Waals surface area contributed by atoms with E-state index in [1.807, 2.05) is 24.3 Å². The Morgan fingerprint density at radius 1 is 1.29 bits per heavy atom. The van der Waals surface area contributed by atoms with Gasteiger partial charge in [-0.25, -0.2) is 0 Å². The molecule has 1 aliphatic heterocycles. The summed E-state index contributed by atoms with van der Waals surface area (Å²) < 4.78 is 0. The van der Waals surface area contributed by atoms with Gasteiger partial charge in [0.15, 0.2) is 0 Å². The second-order valence-corrected chi connectivity index (χ2v) is 6.65. The maximum absolute atomic E-state index is 12.3. The van der Waals surface area contributed by atoms with Crippen molar-refractivity contribution in [3.8, 4) is 0 Å². The van der Waals surface area contributed by atoms with E-state index in [-0.39, 0.29) is 11.9 Å². The van der Waals surface area contributed by atoms with E-state index in [4.69, 9.17) is 11.6 Å². The highest BCUT2D eigenvalue weighted by Gasteiger charge is 2.37. The standard InChI is InChI=1S/C17H23ClN2O/c18-14-7-3-1-5-12(14)9-10-19-17(21)16-11-13-6-2-4-8-15(13)20-16/h1,3,5,7,13,15-16,20H,2,4,6,8-11H2,(H,19,21). The molecule has 21 heavy (non-hydrogen) atoms. The quantitative estimate of drug-likeness (QED) is 0.898. The maximum Gasteiger partial charge on any atom is 0.237 e. The summed E-state index contributed by atoms with van der Waals surface area (Å²) in [6.45, 7) is 0.649. The molecule has 1 amide bonds. The molecule has 2 aliphatic rings. The summed E-state index contributed by atoms with van der Waals surface area (Å²) >= 11 is 6.12. The van der Waals surface area contributed by atoms with Crippen LogP contribution in [0.3, 0.4) is 0 Å². The van der Waals surface area contributed by atoms with Gasteiger partial charge in [-0.15, -0.1) is 0 Å². The van der Waals surface area contributed by atoms with Crippen molar-refractivity contribution < 1.29 is 4.79 Å². The van der Waals surface area contributed by atoms with E-state index in [9.17, 15) is 4.79 Å². The smallest absolute Gasteiger partial charge is 0.237 e. The van der Waals surface area contributed by atoms with Crippen LogP contribution in [0.2, 0.25) is 5.02 Å². The van der Waals surface area contributed by atoms with Crippen LogP contribution in [-0.2, 0) is 11.2 Å². The minimum atomic E-state index is 0.00402. The fourth-order valence-electron chi connectivity index (χ4n) is 3.67. The normalized spacial score (nSPS) is 28.1. The number of amides is 1. The molecule has 2 fully saturated rings. The van der Waals surface area contributed by atoms with Crippen molar-refractivity contribution in [1.82, 2.24) is 10.6 Å². The number of halogens is 1. The summed E-state index contributed by atoms with van der Waals surface area (Å²) in [5.41, 5.74) is 1.09. The van der Waals surface area contributed by atoms with Crippen LogP contribution in [0.15, 0.2) is 24.3 Å². The average Bonchev–Trinajstić information content (AvgIpc) is 2.93. The molecule has 3 nitrogen and oxygen atoms in total. The molecule has 3 atom stereocenters. The lowest BCUT2D eigenvalue weighted by Gasteiger charge is -2.24. The van der Waals surface area contributed by atoms with Crippen molar-refractivity contribution >= 4 is 17.5 Å². The Hall–Kier alpha value is -1.06. The van der Waals surface area contributed by atoms with Crippen LogP contribution in [-0.4, -0.2) is 24.5 Å². The van der Waals surface area contributed by atoms with Crippen molar-refractivity contribution in [3.05, 3.63) is 34.9 Å². The van der Waals surface area contributed by atoms with E-state index in [1.54, 1.807) is 0 Å². The zero-order valence-electron chi connectivity index (χ0n) is 12.3. The molecule has 0 aromatic heterocycles. The van der Waals surface area contributed by atoms with Gasteiger partial charge in [0.05, 0.1) is 6.04 Å². The molecule has 3 rings (SSSR count). The van der Waals surface area contributed by atoms with Crippen molar-refractivity contribution in [2.45, 2.75) is 50.6 Å². The highest BCUT2D eigenvalue weighted by molar-refractivity contribution is 6.31. The van der Waals surface area contributed by atoms with Crippen molar-refractivity contribution in [2.75, 3.05) is 6.54 Å². The predicted octanol–water partition coefficient (Wildman–Crippen LogP) is 2.92. The highest BCUT2D eigenvalue weighted by atomic mass is 35.5. The van der Waals surface area contributed by atoms with Gasteiger partial charge in [-0.3, -0.25) is 4.79 Å². The second-order valence-electron chi connectivity index (χ2n) is 6.24. The van der Waals surface area contributed by atoms with Crippen molar-refractivity contribution in [2.24, 2.45) is 5.92 Å². The van der Waals surface area contributed by atoms with E-state index in [1.165, 1.54) is 25.7 Å². The molecular weight excluding hydrogens is 284 g/mol. The molecule has 1 saturated heterocycles. The number of rotatable bonds is 4. The summed E-state index contributed by atoms with van der Waals surface area (Å²) in [4.78, 5) is 12.3. The largest absolute Gasteiger partial charge is 0.354 e. The van der Waals surface area contributed by atoms with Crippen LogP contribution in [0.4, 0.5) is 0 Å². The maximum atomic E-state index is 12.3. The number of carbonyl (C=O) groups is 1. The second kappa shape index (κ2) is 6.80. The zero-order valence-corrected chi connectivity index (χ0v) is 13.0. The Balaban J connectivity index is 1.46. The third-order valence-corrected chi connectivity index (χ3v) is 5.20. The first-order valence-electron chi connectivity index (χ1n) is 8.01. The Bertz CT molecular complexity index is 491. The van der Waals surface area contributed by atoms with Gasteiger partial charge in [-0.05, 0) is 43.2 Å². The van der Waals surface area contributed by atoms with Crippen LogP contribution in [0, 0.1) is 5.92 Å². The molecule has 114 valence electrons. The van der Waals surface area contributed by atoms with Crippen molar-refractivity contribution in [3.63, 3.8) is 0 Å². The molecule has 1 heterocycles. The lowest BCUT2D eigenvalue weighted by Crippen LogP contribution is -2.43. The third kappa shape index (κ3) is 3.58. The Kier molecular flexibility index (Phi) is 4.81. The van der Waals surface area contributed by atoms with Gasteiger partial charge < -0.3 is 10.6 Å². The van der Waals surface area contributed by atoms with Crippen LogP contribution < -0.4 is 10.6 Å². The minimum Gasteiger partial charge on any atom is -0.354 e. The van der Waals surface area contributed by atoms with Gasteiger partial charge in [0.2, 0.25) is 5.91 Å². The van der Waals surface area contributed by atoms with Crippen molar-refractivity contribution in [1.29, 1.82) is 0 Å². The lowest BCUT2D eigenvalue weighted by atomic mass is 9.85. The monoisotopic (exact) mass is 306 g/mol. The van der Waals surface area contributed by atoms with E-state index in [2.05, 4.69) is 10.6 Å². The molecule has 0 spiro atoms. The molecule has 4 heteroatoms. The number of hydrogen-bond acceptors (Lipinski definition) is 2. The van der Waals surface area contributed by atoms with Crippen LogP contribution >= 0.6 is 11.6 Å². The van der Waals surface area contributed by atoms with Gasteiger partial charge in [0.1, 0.15) is 0 Å². The number of benzene rings is 1. The first kappa shape index (κ1) is 14.9. The SMILES string of the molecule is O=C(NCCc1ccccc1Cl)C1CC2CCCCC2N1. The summed E-state index contributed by atoms with van der Waals surface area (Å²) in [6, 6.07) is 8.38. The Labute approximate surface area is 131 Å². The van der Waals surface area contributed by atoms with Gasteiger partial charge in [0.25, 0.3) is 0 Å². The van der Waals surface area contributed by atoms with E-state index in [0.29, 0.717) is 18.5 Å². The summed E-state index contributed by atoms with van der Waals surface area (Å²) in [5.74, 6) is 0.856. The van der Waals surface area contributed by atoms with E-state index < -0.39 is 0 Å². The molecule has 2 N–H and O–H groups in total. The molecule has 3 unspecified atom stereocenters. The fraction of sp³-hybridized carbons (Fsp3) is 0.588. The average molecular weight is 307 g/mol. The van der Waals surface area contributed by atoms with Gasteiger partial charge >= 0.3 is 0 Å². The molecule has 0 radical (unpaired) electrons. The minimum absolute atomic E-state index is 0.00402. The Morgan fingerprint density at radius 2 is 2.10 bits per heavy atom. The van der Waals surface area contributed by atoms with Gasteiger partial charge in [-0.1, -0.05) is 42.6 Å². The fourth-order valence-corrected chi connectivity index (χ4v) is 3.90. The summed E-state index contributed by atoms with van der Waals surface area (Å²) in [6.07, 6.45) is 6.92. The molecular formula is C17H23ClN2O. The molecule has 1 saturated carbocycles. The van der Waals surface area contributed by atoms with Crippen LogP contribution in [0.5, 0.6) is 0 Å². The van der Waals surface area contributed by atoms with Gasteiger partial charge in [0, 0.05) is 17.6 Å². The Morgan fingerprint density at radius 3 is 2.90 bits per heavy atom. The zero-order chi connectivity index (χ0) is 14.7. The molecule has 1 aromatic rings. The molecule has 0 bridgehead atoms. The molecule has 1 aromatic carbocycles. The number of carbonyl (C=O) groups excluding carboxylic acids is 1. The van der Waals surface area contributed by atoms with E-state index in [0.717, 1.165) is 23.4 Å². The number of fused-ring (bicyclic) bond motifs is 1. The summed E-state index contributed by atoms with van der Waals surface area (Å²) in [5, 5.41) is 7.34. The van der Waals surface area contributed by atoms with E-state index >= 15 is 0 Å². The summed E-state index contributed by atoms with van der Waals surface area (Å²) in [7, 11) is 0. The topological polar surface area (TPSA) is 41.1 Å². The first-order chi connectivity index (χ1) is 10.2. The third-order valence-electron chi connectivity index (χ3n) is 4.83. The lowest BCUT2D eigenvalue weighted by molar-refractivity contribution is -0.122. The van der Waals surface area contributed by atoms with Crippen LogP contribution in [0.1, 0.15) is 37.7 Å². The number of nitrogens with one attached hydrogen (secondary N) is 2.